The molecule has 1 atom stereocenters. The van der Waals surface area contributed by atoms with Crippen LogP contribution in [0, 0.1) is 21.4 Å². The fraction of sp³-hybridized carbons (Fsp3) is 0.143. The molecule has 1 unspecified atom stereocenters. The largest absolute Gasteiger partial charge is 0.387 e. The maximum Gasteiger partial charge on any atom is 0.328 e. The van der Waals surface area contributed by atoms with Gasteiger partial charge in [-0.05, 0) is 11.6 Å². The van der Waals surface area contributed by atoms with Crippen molar-refractivity contribution in [2.24, 2.45) is 0 Å². The number of aliphatic hydroxyl groups excluding tert-OH is 1. The quantitative estimate of drug-likeness (QED) is 0.641. The molecule has 1 aromatic heterocycles. The van der Waals surface area contributed by atoms with Gasteiger partial charge in [0.2, 0.25) is 5.82 Å². The van der Waals surface area contributed by atoms with Crippen molar-refractivity contribution in [3.63, 3.8) is 0 Å². The normalized spacial score (nSPS) is 11.4. The molecule has 2 rings (SSSR count). The molecule has 0 amide bonds. The summed E-state index contributed by atoms with van der Waals surface area (Å²) in [6, 6.07) is 11.9. The predicted octanol–water partition coefficient (Wildman–Crippen LogP) is 2.01. The monoisotopic (exact) mass is 284 g/mol. The second kappa shape index (κ2) is 6.45. The Balaban J connectivity index is 2.18. The van der Waals surface area contributed by atoms with Crippen molar-refractivity contribution >= 4 is 11.5 Å². The third-order valence-corrected chi connectivity index (χ3v) is 2.87. The Labute approximate surface area is 120 Å². The average Bonchev–Trinajstić information content (AvgIpc) is 2.52. The second-order valence-electron chi connectivity index (χ2n) is 4.23. The molecule has 7 nitrogen and oxygen atoms in total. The van der Waals surface area contributed by atoms with Crippen molar-refractivity contribution in [2.45, 2.75) is 6.10 Å². The number of rotatable bonds is 5. The molecule has 0 radical (unpaired) electrons. The Morgan fingerprint density at radius 3 is 2.71 bits per heavy atom. The number of nitriles is 1. The van der Waals surface area contributed by atoms with Crippen LogP contribution in [0.2, 0.25) is 0 Å². The van der Waals surface area contributed by atoms with Crippen LogP contribution in [-0.4, -0.2) is 21.6 Å². The van der Waals surface area contributed by atoms with Gasteiger partial charge in [-0.1, -0.05) is 30.3 Å². The zero-order chi connectivity index (χ0) is 15.2. The number of nitrogens with zero attached hydrogens (tertiary/aromatic N) is 3. The Morgan fingerprint density at radius 2 is 2.10 bits per heavy atom. The number of anilines is 1. The first-order chi connectivity index (χ1) is 10.1. The molecule has 2 N–H and O–H groups in total. The molecule has 106 valence electrons. The molecule has 0 saturated carbocycles. The fourth-order valence-corrected chi connectivity index (χ4v) is 1.84. The van der Waals surface area contributed by atoms with Crippen LogP contribution in [0.15, 0.2) is 42.6 Å². The Bertz CT molecular complexity index is 682. The van der Waals surface area contributed by atoms with Crippen LogP contribution >= 0.6 is 0 Å². The van der Waals surface area contributed by atoms with Gasteiger partial charge in [-0.2, -0.15) is 5.26 Å². The summed E-state index contributed by atoms with van der Waals surface area (Å²) < 4.78 is 0. The lowest BCUT2D eigenvalue weighted by atomic mass is 10.1. The molecule has 1 heterocycles. The van der Waals surface area contributed by atoms with Crippen molar-refractivity contribution in [1.82, 2.24) is 4.98 Å². The van der Waals surface area contributed by atoms with Gasteiger partial charge in [0.25, 0.3) is 0 Å². The summed E-state index contributed by atoms with van der Waals surface area (Å²) in [5, 5.41) is 32.6. The Kier molecular flexibility index (Phi) is 4.43. The number of aliphatic hydroxyl groups is 1. The Morgan fingerprint density at radius 1 is 1.38 bits per heavy atom. The lowest BCUT2D eigenvalue weighted by Gasteiger charge is -2.12. The third kappa shape index (κ3) is 3.32. The fourth-order valence-electron chi connectivity index (χ4n) is 1.84. The molecule has 2 aromatic rings. The smallest absolute Gasteiger partial charge is 0.328 e. The second-order valence-corrected chi connectivity index (χ2v) is 4.23. The summed E-state index contributed by atoms with van der Waals surface area (Å²) in [5.74, 6) is -0.0333. The van der Waals surface area contributed by atoms with Crippen molar-refractivity contribution in [2.75, 3.05) is 11.9 Å². The van der Waals surface area contributed by atoms with Crippen molar-refractivity contribution in [3.05, 3.63) is 63.8 Å². The maximum atomic E-state index is 11.0. The first kappa shape index (κ1) is 14.4. The first-order valence-electron chi connectivity index (χ1n) is 6.14. The van der Waals surface area contributed by atoms with Gasteiger partial charge in [-0.15, -0.1) is 0 Å². The molecule has 0 saturated heterocycles. The minimum Gasteiger partial charge on any atom is -0.387 e. The van der Waals surface area contributed by atoms with E-state index in [2.05, 4.69) is 10.3 Å². The van der Waals surface area contributed by atoms with E-state index in [0.717, 1.165) is 0 Å². The van der Waals surface area contributed by atoms with Crippen LogP contribution < -0.4 is 5.32 Å². The van der Waals surface area contributed by atoms with Crippen LogP contribution in [0.3, 0.4) is 0 Å². The number of nitro groups is 1. The van der Waals surface area contributed by atoms with E-state index in [4.69, 9.17) is 5.26 Å². The van der Waals surface area contributed by atoms with E-state index in [9.17, 15) is 15.2 Å². The number of nitrogens with one attached hydrogen (secondary N) is 1. The van der Waals surface area contributed by atoms with E-state index < -0.39 is 11.0 Å². The predicted molar refractivity (Wildman–Crippen MR) is 75.5 cm³/mol. The Hall–Kier alpha value is -2.98. The topological polar surface area (TPSA) is 112 Å². The first-order valence-corrected chi connectivity index (χ1v) is 6.14. The molecular weight excluding hydrogens is 272 g/mol. The number of hydrogen-bond donors (Lipinski definition) is 2. The molecule has 0 fully saturated rings. The summed E-state index contributed by atoms with van der Waals surface area (Å²) in [4.78, 5) is 14.2. The summed E-state index contributed by atoms with van der Waals surface area (Å²) >= 11 is 0. The number of pyridine rings is 1. The van der Waals surface area contributed by atoms with Gasteiger partial charge in [0.15, 0.2) is 0 Å². The lowest BCUT2D eigenvalue weighted by molar-refractivity contribution is -0.384. The molecule has 21 heavy (non-hydrogen) atoms. The van der Waals surface area contributed by atoms with Crippen LogP contribution in [0.4, 0.5) is 11.5 Å². The van der Waals surface area contributed by atoms with E-state index in [-0.39, 0.29) is 23.6 Å². The zero-order valence-electron chi connectivity index (χ0n) is 10.9. The summed E-state index contributed by atoms with van der Waals surface area (Å²) in [6.45, 7) is 0.0483. The van der Waals surface area contributed by atoms with Crippen LogP contribution in [-0.2, 0) is 0 Å². The van der Waals surface area contributed by atoms with E-state index in [1.165, 1.54) is 12.3 Å². The van der Waals surface area contributed by atoms with E-state index in [1.54, 1.807) is 30.3 Å². The maximum absolute atomic E-state index is 11.0. The van der Waals surface area contributed by atoms with E-state index in [0.29, 0.717) is 5.56 Å². The van der Waals surface area contributed by atoms with Gasteiger partial charge in [-0.25, -0.2) is 4.98 Å². The zero-order valence-corrected chi connectivity index (χ0v) is 10.9. The van der Waals surface area contributed by atoms with Crippen LogP contribution in [0.25, 0.3) is 0 Å². The minimum absolute atomic E-state index is 0.0333. The van der Waals surface area contributed by atoms with Gasteiger partial charge in [0, 0.05) is 12.7 Å². The van der Waals surface area contributed by atoms with Crippen molar-refractivity contribution in [1.29, 1.82) is 5.26 Å². The number of benzene rings is 1. The molecular formula is C14H12N4O3. The van der Waals surface area contributed by atoms with Gasteiger partial charge in [-0.3, -0.25) is 10.1 Å². The van der Waals surface area contributed by atoms with Crippen molar-refractivity contribution in [3.8, 4) is 6.07 Å². The summed E-state index contributed by atoms with van der Waals surface area (Å²) in [7, 11) is 0. The highest BCUT2D eigenvalue weighted by atomic mass is 16.6. The number of aromatic nitrogens is 1. The standard InChI is InChI=1S/C14H12N4O3/c15-8-11-6-7-16-14(13(11)18(20)21)17-9-12(19)10-4-2-1-3-5-10/h1-7,12,19H,9H2,(H,16,17). The molecule has 0 spiro atoms. The SMILES string of the molecule is N#Cc1ccnc(NCC(O)c2ccccc2)c1[N+](=O)[O-]. The van der Waals surface area contributed by atoms with E-state index >= 15 is 0 Å². The molecule has 0 aliphatic heterocycles. The van der Waals surface area contributed by atoms with Gasteiger partial charge < -0.3 is 10.4 Å². The van der Waals surface area contributed by atoms with Gasteiger partial charge in [0.05, 0.1) is 11.0 Å². The average molecular weight is 284 g/mol. The third-order valence-electron chi connectivity index (χ3n) is 2.87. The number of hydrogen-bond acceptors (Lipinski definition) is 6. The molecule has 0 aliphatic carbocycles. The molecule has 7 heteroatoms. The van der Waals surface area contributed by atoms with Crippen molar-refractivity contribution < 1.29 is 10.0 Å². The molecule has 0 aliphatic rings. The highest BCUT2D eigenvalue weighted by Crippen LogP contribution is 2.26. The van der Waals surface area contributed by atoms with Gasteiger partial charge in [0.1, 0.15) is 11.6 Å². The van der Waals surface area contributed by atoms with E-state index in [1.807, 2.05) is 6.07 Å². The summed E-state index contributed by atoms with van der Waals surface area (Å²) in [5.41, 5.74) is 0.219. The highest BCUT2D eigenvalue weighted by molar-refractivity contribution is 5.64. The van der Waals surface area contributed by atoms with Crippen LogP contribution in [0.1, 0.15) is 17.2 Å². The lowest BCUT2D eigenvalue weighted by Crippen LogP contribution is -2.14. The molecule has 0 bridgehead atoms. The van der Waals surface area contributed by atoms with Gasteiger partial charge >= 0.3 is 5.69 Å². The molecule has 1 aromatic carbocycles. The highest BCUT2D eigenvalue weighted by Gasteiger charge is 2.21. The summed E-state index contributed by atoms with van der Waals surface area (Å²) in [6.07, 6.45) is 0.473. The van der Waals surface area contributed by atoms with Crippen LogP contribution in [0.5, 0.6) is 0 Å². The minimum atomic E-state index is -0.835.